The van der Waals surface area contributed by atoms with E-state index in [4.69, 9.17) is 4.74 Å². The molecule has 0 atom stereocenters. The van der Waals surface area contributed by atoms with Crippen LogP contribution < -0.4 is 20.3 Å². The molecule has 130 valence electrons. The van der Waals surface area contributed by atoms with E-state index in [0.29, 0.717) is 24.2 Å². The average Bonchev–Trinajstić information content (AvgIpc) is 3.16. The first-order valence-electron chi connectivity index (χ1n) is 8.57. The molecule has 0 spiro atoms. The smallest absolute Gasteiger partial charge is 0.244 e. The van der Waals surface area contributed by atoms with Gasteiger partial charge in [0.2, 0.25) is 11.9 Å². The third-order valence-corrected chi connectivity index (χ3v) is 4.74. The molecule has 1 aromatic heterocycles. The number of fused-ring (bicyclic) bond motifs is 1. The summed E-state index contributed by atoms with van der Waals surface area (Å²) in [5, 5.41) is 6.08. The molecular formula is C18H21N5O2. The van der Waals surface area contributed by atoms with E-state index >= 15 is 0 Å². The predicted molar refractivity (Wildman–Crippen MR) is 96.5 cm³/mol. The lowest BCUT2D eigenvalue weighted by Crippen LogP contribution is -2.44. The van der Waals surface area contributed by atoms with Gasteiger partial charge in [0.05, 0.1) is 19.9 Å². The second kappa shape index (κ2) is 6.58. The Morgan fingerprint density at radius 2 is 2.00 bits per heavy atom. The fourth-order valence-electron chi connectivity index (χ4n) is 3.48. The highest BCUT2D eigenvalue weighted by Crippen LogP contribution is 2.34. The maximum absolute atomic E-state index is 12.0. The molecule has 25 heavy (non-hydrogen) atoms. The lowest BCUT2D eigenvalue weighted by Gasteiger charge is -2.34. The van der Waals surface area contributed by atoms with Gasteiger partial charge in [-0.25, -0.2) is 4.98 Å². The Labute approximate surface area is 146 Å². The van der Waals surface area contributed by atoms with E-state index in [9.17, 15) is 4.79 Å². The summed E-state index contributed by atoms with van der Waals surface area (Å²) in [6.45, 7) is 0.358. The number of hydrogen-bond donors (Lipinski definition) is 2. The van der Waals surface area contributed by atoms with Crippen LogP contribution in [-0.2, 0) is 4.79 Å². The minimum Gasteiger partial charge on any atom is -0.497 e. The van der Waals surface area contributed by atoms with Gasteiger partial charge < -0.3 is 20.3 Å². The molecule has 1 saturated carbocycles. The lowest BCUT2D eigenvalue weighted by molar-refractivity contribution is -0.115. The van der Waals surface area contributed by atoms with Crippen molar-refractivity contribution < 1.29 is 9.53 Å². The first kappa shape index (κ1) is 15.7. The number of ether oxygens (including phenoxy) is 1. The van der Waals surface area contributed by atoms with Crippen LogP contribution in [0.25, 0.3) is 0 Å². The zero-order chi connectivity index (χ0) is 17.2. The van der Waals surface area contributed by atoms with Crippen molar-refractivity contribution in [1.82, 2.24) is 9.97 Å². The third kappa shape index (κ3) is 3.22. The number of carbonyl (C=O) groups excluding carboxylic acids is 1. The first-order chi connectivity index (χ1) is 12.2. The molecule has 0 saturated heterocycles. The van der Waals surface area contributed by atoms with Crippen LogP contribution in [0.1, 0.15) is 25.7 Å². The molecule has 1 aliphatic heterocycles. The summed E-state index contributed by atoms with van der Waals surface area (Å²) in [5.74, 6) is 2.12. The van der Waals surface area contributed by atoms with Gasteiger partial charge in [0.1, 0.15) is 11.4 Å². The van der Waals surface area contributed by atoms with Crippen LogP contribution in [0.4, 0.5) is 23.1 Å². The molecule has 2 aromatic rings. The molecule has 2 heterocycles. The van der Waals surface area contributed by atoms with Crippen molar-refractivity contribution in [3.63, 3.8) is 0 Å². The molecule has 2 aliphatic rings. The van der Waals surface area contributed by atoms with Crippen molar-refractivity contribution in [2.45, 2.75) is 31.7 Å². The van der Waals surface area contributed by atoms with Crippen LogP contribution in [0.15, 0.2) is 30.5 Å². The normalized spacial score (nSPS) is 17.2. The number of nitrogens with one attached hydrogen (secondary N) is 2. The molecule has 7 heteroatoms. The summed E-state index contributed by atoms with van der Waals surface area (Å²) in [7, 11) is 1.64. The number of amides is 1. The Kier molecular flexibility index (Phi) is 4.13. The standard InChI is InChI=1S/C18H21N5O2/c1-25-14-8-6-12(7-9-14)20-18-19-10-15-17(22-18)23(11-16(24)21-15)13-4-2-3-5-13/h6-10,13H,2-5,11H2,1H3,(H,21,24)(H,19,20,22). The number of rotatable bonds is 4. The number of carbonyl (C=O) groups is 1. The number of hydrogen-bond acceptors (Lipinski definition) is 6. The molecule has 1 aromatic carbocycles. The van der Waals surface area contributed by atoms with Crippen LogP contribution in [0.3, 0.4) is 0 Å². The van der Waals surface area contributed by atoms with Crippen molar-refractivity contribution in [3.8, 4) is 5.75 Å². The lowest BCUT2D eigenvalue weighted by atomic mass is 10.2. The van der Waals surface area contributed by atoms with E-state index < -0.39 is 0 Å². The number of benzene rings is 1. The Bertz CT molecular complexity index is 772. The maximum Gasteiger partial charge on any atom is 0.244 e. The predicted octanol–water partition coefficient (Wildman–Crippen LogP) is 2.93. The van der Waals surface area contributed by atoms with Gasteiger partial charge in [-0.1, -0.05) is 12.8 Å². The van der Waals surface area contributed by atoms with Crippen LogP contribution in [0.5, 0.6) is 5.75 Å². The van der Waals surface area contributed by atoms with Crippen LogP contribution in [0.2, 0.25) is 0 Å². The number of anilines is 4. The summed E-state index contributed by atoms with van der Waals surface area (Å²) in [5.41, 5.74) is 1.57. The fraction of sp³-hybridized carbons (Fsp3) is 0.389. The largest absolute Gasteiger partial charge is 0.497 e. The zero-order valence-corrected chi connectivity index (χ0v) is 14.2. The number of methoxy groups -OCH3 is 1. The first-order valence-corrected chi connectivity index (χ1v) is 8.57. The Morgan fingerprint density at radius 3 is 2.72 bits per heavy atom. The molecule has 1 amide bonds. The molecule has 0 bridgehead atoms. The molecule has 7 nitrogen and oxygen atoms in total. The van der Waals surface area contributed by atoms with Gasteiger partial charge in [0, 0.05) is 11.7 Å². The van der Waals surface area contributed by atoms with Crippen molar-refractivity contribution in [2.75, 3.05) is 29.2 Å². The van der Waals surface area contributed by atoms with Crippen LogP contribution >= 0.6 is 0 Å². The van der Waals surface area contributed by atoms with E-state index in [0.717, 1.165) is 30.1 Å². The van der Waals surface area contributed by atoms with E-state index in [1.165, 1.54) is 12.8 Å². The van der Waals surface area contributed by atoms with Gasteiger partial charge in [0.15, 0.2) is 5.82 Å². The van der Waals surface area contributed by atoms with Crippen molar-refractivity contribution in [1.29, 1.82) is 0 Å². The van der Waals surface area contributed by atoms with E-state index in [1.54, 1.807) is 13.3 Å². The summed E-state index contributed by atoms with van der Waals surface area (Å²) in [6.07, 6.45) is 6.31. The highest BCUT2D eigenvalue weighted by atomic mass is 16.5. The topological polar surface area (TPSA) is 79.4 Å². The molecule has 0 radical (unpaired) electrons. The molecule has 1 aliphatic carbocycles. The van der Waals surface area contributed by atoms with E-state index in [2.05, 4.69) is 25.5 Å². The molecule has 2 N–H and O–H groups in total. The second-order valence-electron chi connectivity index (χ2n) is 6.40. The molecule has 0 unspecified atom stereocenters. The van der Waals surface area contributed by atoms with Gasteiger partial charge in [0.25, 0.3) is 0 Å². The van der Waals surface area contributed by atoms with Gasteiger partial charge in [-0.3, -0.25) is 4.79 Å². The van der Waals surface area contributed by atoms with Crippen LogP contribution in [0, 0.1) is 0 Å². The van der Waals surface area contributed by atoms with Gasteiger partial charge in [-0.05, 0) is 37.1 Å². The zero-order valence-electron chi connectivity index (χ0n) is 14.2. The van der Waals surface area contributed by atoms with Gasteiger partial charge in [-0.15, -0.1) is 0 Å². The summed E-state index contributed by atoms with van der Waals surface area (Å²) in [4.78, 5) is 23.1. The molecular weight excluding hydrogens is 318 g/mol. The Balaban J connectivity index is 1.60. The maximum atomic E-state index is 12.0. The number of aromatic nitrogens is 2. The molecule has 1 fully saturated rings. The SMILES string of the molecule is COc1ccc(Nc2ncc3c(n2)N(C2CCCC2)CC(=O)N3)cc1. The van der Waals surface area contributed by atoms with Gasteiger partial charge >= 0.3 is 0 Å². The quantitative estimate of drug-likeness (QED) is 0.892. The summed E-state index contributed by atoms with van der Waals surface area (Å²) in [6, 6.07) is 7.97. The highest BCUT2D eigenvalue weighted by molar-refractivity contribution is 6.00. The minimum absolute atomic E-state index is 0.00105. The minimum atomic E-state index is -0.00105. The highest BCUT2D eigenvalue weighted by Gasteiger charge is 2.31. The fourth-order valence-corrected chi connectivity index (χ4v) is 3.48. The van der Waals surface area contributed by atoms with Crippen molar-refractivity contribution >= 4 is 29.0 Å². The summed E-state index contributed by atoms with van der Waals surface area (Å²) >= 11 is 0. The third-order valence-electron chi connectivity index (χ3n) is 4.74. The van der Waals surface area contributed by atoms with Crippen molar-refractivity contribution in [2.24, 2.45) is 0 Å². The number of nitrogens with zero attached hydrogens (tertiary/aromatic N) is 3. The van der Waals surface area contributed by atoms with E-state index in [-0.39, 0.29) is 5.91 Å². The second-order valence-corrected chi connectivity index (χ2v) is 6.40. The average molecular weight is 339 g/mol. The van der Waals surface area contributed by atoms with Crippen molar-refractivity contribution in [3.05, 3.63) is 30.5 Å². The Hall–Kier alpha value is -2.83. The van der Waals surface area contributed by atoms with Crippen LogP contribution in [-0.4, -0.2) is 35.6 Å². The van der Waals surface area contributed by atoms with E-state index in [1.807, 2.05) is 24.3 Å². The monoisotopic (exact) mass is 339 g/mol. The molecule has 4 rings (SSSR count). The van der Waals surface area contributed by atoms with Gasteiger partial charge in [-0.2, -0.15) is 4.98 Å². The Morgan fingerprint density at radius 1 is 1.24 bits per heavy atom. The summed E-state index contributed by atoms with van der Waals surface area (Å²) < 4.78 is 5.17.